The number of aliphatic hydroxyl groups excluding tert-OH is 1. The summed E-state index contributed by atoms with van der Waals surface area (Å²) in [7, 11) is 0. The maximum atomic E-state index is 13.6. The number of rotatable bonds is 7. The summed E-state index contributed by atoms with van der Waals surface area (Å²) in [6.07, 6.45) is 6.62. The van der Waals surface area contributed by atoms with Gasteiger partial charge < -0.3 is 25.4 Å². The Morgan fingerprint density at radius 1 is 1.23 bits per heavy atom. The van der Waals surface area contributed by atoms with Gasteiger partial charge in [-0.2, -0.15) is 0 Å². The quantitative estimate of drug-likeness (QED) is 0.552. The zero-order chi connectivity index (χ0) is 22.4. The predicted octanol–water partition coefficient (Wildman–Crippen LogP) is 0.965. The number of amides is 3. The molecule has 3 N–H and O–H groups in total. The molecule has 4 aliphatic rings. The third-order valence-corrected chi connectivity index (χ3v) is 8.19. The Labute approximate surface area is 184 Å². The van der Waals surface area contributed by atoms with Gasteiger partial charge in [0.15, 0.2) is 0 Å². The third-order valence-electron chi connectivity index (χ3n) is 8.19. The first-order valence-electron chi connectivity index (χ1n) is 12.0. The molecule has 1 aliphatic carbocycles. The minimum atomic E-state index is -1.02. The van der Waals surface area contributed by atoms with Gasteiger partial charge in [-0.15, -0.1) is 0 Å². The summed E-state index contributed by atoms with van der Waals surface area (Å²) >= 11 is 0. The fraction of sp³-hybridized carbons (Fsp3) is 0.870. The summed E-state index contributed by atoms with van der Waals surface area (Å²) in [6, 6.07) is -0.703. The van der Waals surface area contributed by atoms with Gasteiger partial charge in [-0.05, 0) is 38.5 Å². The van der Waals surface area contributed by atoms with Crippen molar-refractivity contribution in [3.63, 3.8) is 0 Å². The first-order chi connectivity index (χ1) is 14.8. The summed E-state index contributed by atoms with van der Waals surface area (Å²) in [5.74, 6) is -1.92. The SMILES string of the molecule is CCCNC(=O)[C@H]1[C@H]2C(=O)N(CCO)C(C(=O)NC3CCCCC3)C23CC(C)[C@]1(C)O3. The third kappa shape index (κ3) is 3.37. The molecule has 6 atom stereocenters. The van der Waals surface area contributed by atoms with E-state index in [0.717, 1.165) is 32.1 Å². The van der Waals surface area contributed by atoms with Crippen molar-refractivity contribution in [3.05, 3.63) is 0 Å². The van der Waals surface area contributed by atoms with E-state index >= 15 is 0 Å². The summed E-state index contributed by atoms with van der Waals surface area (Å²) < 4.78 is 6.60. The number of hydrogen-bond donors (Lipinski definition) is 3. The van der Waals surface area contributed by atoms with Gasteiger partial charge >= 0.3 is 0 Å². The van der Waals surface area contributed by atoms with Gasteiger partial charge in [0.1, 0.15) is 11.6 Å². The van der Waals surface area contributed by atoms with Crippen molar-refractivity contribution in [2.75, 3.05) is 19.7 Å². The molecule has 31 heavy (non-hydrogen) atoms. The van der Waals surface area contributed by atoms with E-state index in [-0.39, 0.29) is 42.8 Å². The summed E-state index contributed by atoms with van der Waals surface area (Å²) in [5, 5.41) is 15.8. The molecule has 3 saturated heterocycles. The fourth-order valence-corrected chi connectivity index (χ4v) is 6.67. The second kappa shape index (κ2) is 8.35. The zero-order valence-corrected chi connectivity index (χ0v) is 19.0. The van der Waals surface area contributed by atoms with E-state index in [4.69, 9.17) is 4.74 Å². The summed E-state index contributed by atoms with van der Waals surface area (Å²) in [6.45, 7) is 6.32. The molecule has 8 nitrogen and oxygen atoms in total. The van der Waals surface area contributed by atoms with Crippen LogP contribution < -0.4 is 10.6 Å². The molecule has 8 heteroatoms. The normalized spacial score (nSPS) is 39.6. The first-order valence-corrected chi connectivity index (χ1v) is 12.0. The maximum Gasteiger partial charge on any atom is 0.246 e. The van der Waals surface area contributed by atoms with E-state index in [1.165, 1.54) is 11.3 Å². The van der Waals surface area contributed by atoms with Crippen LogP contribution in [-0.2, 0) is 19.1 Å². The van der Waals surface area contributed by atoms with Crippen molar-refractivity contribution in [1.29, 1.82) is 0 Å². The Morgan fingerprint density at radius 2 is 1.94 bits per heavy atom. The van der Waals surface area contributed by atoms with E-state index in [9.17, 15) is 19.5 Å². The molecule has 4 fully saturated rings. The topological polar surface area (TPSA) is 108 Å². The minimum absolute atomic E-state index is 0.0352. The summed E-state index contributed by atoms with van der Waals surface area (Å²) in [4.78, 5) is 41.8. The van der Waals surface area contributed by atoms with Crippen LogP contribution in [0.15, 0.2) is 0 Å². The number of carbonyl (C=O) groups is 3. The molecule has 0 radical (unpaired) electrons. The number of ether oxygens (including phenoxy) is 1. The van der Waals surface area contributed by atoms with E-state index < -0.39 is 29.1 Å². The smallest absolute Gasteiger partial charge is 0.246 e. The summed E-state index contributed by atoms with van der Waals surface area (Å²) in [5.41, 5.74) is -1.81. The first kappa shape index (κ1) is 22.5. The Morgan fingerprint density at radius 3 is 2.58 bits per heavy atom. The van der Waals surface area contributed by atoms with E-state index in [0.29, 0.717) is 13.0 Å². The van der Waals surface area contributed by atoms with Crippen molar-refractivity contribution < 1.29 is 24.2 Å². The zero-order valence-electron chi connectivity index (χ0n) is 19.0. The molecular formula is C23H37N3O5. The lowest BCUT2D eigenvalue weighted by atomic mass is 9.62. The standard InChI is InChI=1S/C23H37N3O5/c1-4-10-24-19(28)16-17-21(30)26(11-12-27)18(20(29)25-15-8-6-5-7-9-15)23(17)13-14(2)22(16,3)31-23/h14-18,27H,4-13H2,1-3H3,(H,24,28)(H,25,29)/t14?,16-,17+,18?,22+,23?/m1/s1. The van der Waals surface area contributed by atoms with E-state index in [1.807, 2.05) is 20.8 Å². The van der Waals surface area contributed by atoms with Crippen LogP contribution >= 0.6 is 0 Å². The molecule has 0 aromatic heterocycles. The highest BCUT2D eigenvalue weighted by atomic mass is 16.5. The Hall–Kier alpha value is -1.67. The molecule has 4 rings (SSSR count). The number of nitrogens with zero attached hydrogens (tertiary/aromatic N) is 1. The van der Waals surface area contributed by atoms with Gasteiger partial charge in [0, 0.05) is 19.1 Å². The van der Waals surface area contributed by atoms with Crippen LogP contribution in [0.5, 0.6) is 0 Å². The van der Waals surface area contributed by atoms with E-state index in [1.54, 1.807) is 0 Å². The second-order valence-electron chi connectivity index (χ2n) is 10.1. The van der Waals surface area contributed by atoms with Gasteiger partial charge in [-0.1, -0.05) is 33.1 Å². The number of likely N-dealkylation sites (tertiary alicyclic amines) is 1. The number of fused-ring (bicyclic) bond motifs is 1. The highest BCUT2D eigenvalue weighted by molar-refractivity contribution is 5.99. The van der Waals surface area contributed by atoms with Crippen LogP contribution in [0.3, 0.4) is 0 Å². The molecule has 0 aromatic carbocycles. The average molecular weight is 436 g/mol. The van der Waals surface area contributed by atoms with Crippen LogP contribution in [0.2, 0.25) is 0 Å². The van der Waals surface area contributed by atoms with Gasteiger partial charge in [-0.3, -0.25) is 14.4 Å². The van der Waals surface area contributed by atoms with Gasteiger partial charge in [0.2, 0.25) is 17.7 Å². The molecule has 3 heterocycles. The van der Waals surface area contributed by atoms with Gasteiger partial charge in [0.25, 0.3) is 0 Å². The molecule has 3 aliphatic heterocycles. The second-order valence-corrected chi connectivity index (χ2v) is 10.1. The lowest BCUT2D eigenvalue weighted by molar-refractivity contribution is -0.148. The van der Waals surface area contributed by atoms with Crippen LogP contribution in [-0.4, -0.2) is 70.7 Å². The van der Waals surface area contributed by atoms with Crippen LogP contribution in [0.1, 0.15) is 65.7 Å². The number of hydrogen-bond acceptors (Lipinski definition) is 5. The highest BCUT2D eigenvalue weighted by Crippen LogP contribution is 2.65. The van der Waals surface area contributed by atoms with Crippen LogP contribution in [0.25, 0.3) is 0 Å². The molecular weight excluding hydrogens is 398 g/mol. The Kier molecular flexibility index (Phi) is 6.07. The van der Waals surface area contributed by atoms with Crippen LogP contribution in [0.4, 0.5) is 0 Å². The average Bonchev–Trinajstić information content (AvgIpc) is 3.24. The monoisotopic (exact) mass is 435 g/mol. The predicted molar refractivity (Wildman–Crippen MR) is 114 cm³/mol. The highest BCUT2D eigenvalue weighted by Gasteiger charge is 2.79. The Bertz CT molecular complexity index is 739. The molecule has 174 valence electrons. The van der Waals surface area contributed by atoms with Crippen LogP contribution in [0, 0.1) is 17.8 Å². The van der Waals surface area contributed by atoms with E-state index in [2.05, 4.69) is 10.6 Å². The molecule has 0 aromatic rings. The number of aliphatic hydroxyl groups is 1. The maximum absolute atomic E-state index is 13.6. The van der Waals surface area contributed by atoms with Crippen molar-refractivity contribution in [2.24, 2.45) is 17.8 Å². The fourth-order valence-electron chi connectivity index (χ4n) is 6.67. The Balaban J connectivity index is 1.68. The van der Waals surface area contributed by atoms with Crippen molar-refractivity contribution >= 4 is 17.7 Å². The number of carbonyl (C=O) groups excluding carboxylic acids is 3. The lowest BCUT2D eigenvalue weighted by Crippen LogP contribution is -2.57. The van der Waals surface area contributed by atoms with Gasteiger partial charge in [-0.25, -0.2) is 0 Å². The molecule has 2 bridgehead atoms. The van der Waals surface area contributed by atoms with Gasteiger partial charge in [0.05, 0.1) is 24.0 Å². The lowest BCUT2D eigenvalue weighted by Gasteiger charge is -2.36. The number of β-amino-alcohol motifs (C(OH)–C–C–N with tert-alkyl or cyclic N) is 1. The molecule has 1 saturated carbocycles. The minimum Gasteiger partial charge on any atom is -0.395 e. The molecule has 3 amide bonds. The number of nitrogens with one attached hydrogen (secondary N) is 2. The van der Waals surface area contributed by atoms with Crippen molar-refractivity contribution in [2.45, 2.75) is 89.0 Å². The van der Waals surface area contributed by atoms with Crippen molar-refractivity contribution in [3.8, 4) is 0 Å². The molecule has 1 spiro atoms. The largest absolute Gasteiger partial charge is 0.395 e. The van der Waals surface area contributed by atoms with Crippen molar-refractivity contribution in [1.82, 2.24) is 15.5 Å². The molecule has 3 unspecified atom stereocenters.